The second-order valence-electron chi connectivity index (χ2n) is 4.36. The Morgan fingerprint density at radius 3 is 2.37 bits per heavy atom. The van der Waals surface area contributed by atoms with Gasteiger partial charge < -0.3 is 9.64 Å². The molecule has 0 saturated carbocycles. The van der Waals surface area contributed by atoms with Gasteiger partial charge in [-0.05, 0) is 19.1 Å². The number of carbonyl (C=O) groups is 1. The van der Waals surface area contributed by atoms with Crippen molar-refractivity contribution in [2.45, 2.75) is 17.9 Å². The van der Waals surface area contributed by atoms with Crippen LogP contribution in [0.5, 0.6) is 0 Å². The summed E-state index contributed by atoms with van der Waals surface area (Å²) in [5.74, 6) is 0. The number of carbonyl (C=O) groups excluding carboxylic acids is 1. The molecule has 6 nitrogen and oxygen atoms in total. The Balaban J connectivity index is 1.97. The van der Waals surface area contributed by atoms with Crippen LogP contribution in [0.25, 0.3) is 0 Å². The zero-order valence-electron chi connectivity index (χ0n) is 10.7. The van der Waals surface area contributed by atoms with E-state index in [1.54, 1.807) is 12.1 Å². The average molecular weight is 285 g/mol. The van der Waals surface area contributed by atoms with Crippen molar-refractivity contribution in [1.82, 2.24) is 4.90 Å². The molecule has 1 amide bonds. The van der Waals surface area contributed by atoms with E-state index in [0.717, 1.165) is 5.56 Å². The van der Waals surface area contributed by atoms with E-state index in [1.165, 1.54) is 24.1 Å². The summed E-state index contributed by atoms with van der Waals surface area (Å²) in [6, 6.07) is 6.42. The summed E-state index contributed by atoms with van der Waals surface area (Å²) in [5, 5.41) is 0. The molecule has 1 saturated heterocycles. The zero-order valence-corrected chi connectivity index (χ0v) is 11.5. The molecular weight excluding hydrogens is 270 g/mol. The topological polar surface area (TPSA) is 72.9 Å². The van der Waals surface area contributed by atoms with E-state index in [4.69, 9.17) is 4.18 Å². The number of amides is 1. The van der Waals surface area contributed by atoms with Gasteiger partial charge in [0.05, 0.1) is 25.1 Å². The highest BCUT2D eigenvalue weighted by molar-refractivity contribution is 7.86. The van der Waals surface area contributed by atoms with Gasteiger partial charge in [-0.15, -0.1) is 0 Å². The van der Waals surface area contributed by atoms with Crippen molar-refractivity contribution < 1.29 is 22.1 Å². The fourth-order valence-electron chi connectivity index (χ4n) is 1.72. The minimum atomic E-state index is -3.77. The van der Waals surface area contributed by atoms with Gasteiger partial charge in [-0.1, -0.05) is 17.7 Å². The Hall–Kier alpha value is -1.60. The van der Waals surface area contributed by atoms with Crippen LogP contribution in [0.15, 0.2) is 29.2 Å². The number of likely N-dealkylation sites (tertiary alicyclic amines) is 1. The Kier molecular flexibility index (Phi) is 3.77. The summed E-state index contributed by atoms with van der Waals surface area (Å²) in [4.78, 5) is 12.6. The van der Waals surface area contributed by atoms with Gasteiger partial charge in [-0.25, -0.2) is 4.79 Å². The monoisotopic (exact) mass is 285 g/mol. The van der Waals surface area contributed by atoms with E-state index in [2.05, 4.69) is 4.74 Å². The third-order valence-corrected chi connectivity index (χ3v) is 4.23. The molecular formula is C12H15NO5S. The van der Waals surface area contributed by atoms with Crippen molar-refractivity contribution in [2.24, 2.45) is 0 Å². The third kappa shape index (κ3) is 3.05. The molecule has 0 aliphatic carbocycles. The summed E-state index contributed by atoms with van der Waals surface area (Å²) in [6.07, 6.45) is -0.988. The highest BCUT2D eigenvalue weighted by Gasteiger charge is 2.35. The van der Waals surface area contributed by atoms with Gasteiger partial charge >= 0.3 is 6.09 Å². The molecule has 1 aliphatic heterocycles. The maximum Gasteiger partial charge on any atom is 0.409 e. The number of hydrogen-bond donors (Lipinski definition) is 0. The van der Waals surface area contributed by atoms with Gasteiger partial charge in [-0.3, -0.25) is 4.18 Å². The molecule has 1 fully saturated rings. The van der Waals surface area contributed by atoms with Gasteiger partial charge in [0.15, 0.2) is 0 Å². The predicted molar refractivity (Wildman–Crippen MR) is 67.2 cm³/mol. The first-order valence-corrected chi connectivity index (χ1v) is 7.16. The normalized spacial score (nSPS) is 16.0. The number of methoxy groups -OCH3 is 1. The van der Waals surface area contributed by atoms with Crippen LogP contribution >= 0.6 is 0 Å². The molecule has 104 valence electrons. The Labute approximate surface area is 112 Å². The van der Waals surface area contributed by atoms with Crippen molar-refractivity contribution in [3.05, 3.63) is 29.8 Å². The van der Waals surface area contributed by atoms with Crippen LogP contribution in [-0.2, 0) is 19.0 Å². The van der Waals surface area contributed by atoms with Crippen LogP contribution in [0.2, 0.25) is 0 Å². The highest BCUT2D eigenvalue weighted by atomic mass is 32.2. The van der Waals surface area contributed by atoms with Gasteiger partial charge in [0.2, 0.25) is 0 Å². The second-order valence-corrected chi connectivity index (χ2v) is 5.93. The lowest BCUT2D eigenvalue weighted by molar-refractivity contribution is 0.0215. The Bertz CT molecular complexity index is 560. The third-order valence-electron chi connectivity index (χ3n) is 2.85. The number of benzene rings is 1. The number of rotatable bonds is 3. The minimum Gasteiger partial charge on any atom is -0.453 e. The smallest absolute Gasteiger partial charge is 0.409 e. The predicted octanol–water partition coefficient (Wildman–Crippen LogP) is 1.15. The SMILES string of the molecule is COC(=O)N1CC(OS(=O)(=O)c2ccc(C)cc2)C1. The molecule has 0 N–H and O–H groups in total. The summed E-state index contributed by atoms with van der Waals surface area (Å²) >= 11 is 0. The molecule has 1 heterocycles. The quantitative estimate of drug-likeness (QED) is 0.779. The van der Waals surface area contributed by atoms with E-state index in [9.17, 15) is 13.2 Å². The molecule has 0 aromatic heterocycles. The maximum absolute atomic E-state index is 11.9. The average Bonchev–Trinajstić information content (AvgIpc) is 2.33. The van der Waals surface area contributed by atoms with Crippen LogP contribution in [0.1, 0.15) is 5.56 Å². The molecule has 0 bridgehead atoms. The van der Waals surface area contributed by atoms with E-state index < -0.39 is 22.3 Å². The highest BCUT2D eigenvalue weighted by Crippen LogP contribution is 2.20. The number of nitrogens with zero attached hydrogens (tertiary/aromatic N) is 1. The zero-order chi connectivity index (χ0) is 14.0. The van der Waals surface area contributed by atoms with Crippen molar-refractivity contribution in [3.63, 3.8) is 0 Å². The molecule has 0 spiro atoms. The Morgan fingerprint density at radius 2 is 1.84 bits per heavy atom. The molecule has 1 aromatic rings. The summed E-state index contributed by atoms with van der Waals surface area (Å²) in [5.41, 5.74) is 0.972. The first-order valence-electron chi connectivity index (χ1n) is 5.75. The first-order chi connectivity index (χ1) is 8.92. The number of ether oxygens (including phenoxy) is 1. The summed E-state index contributed by atoms with van der Waals surface area (Å²) in [7, 11) is -2.49. The lowest BCUT2D eigenvalue weighted by Crippen LogP contribution is -2.55. The van der Waals surface area contributed by atoms with Crippen LogP contribution in [-0.4, -0.2) is 45.7 Å². The molecule has 0 unspecified atom stereocenters. The minimum absolute atomic E-state index is 0.120. The molecule has 0 radical (unpaired) electrons. The lowest BCUT2D eigenvalue weighted by Gasteiger charge is -2.36. The van der Waals surface area contributed by atoms with Gasteiger partial charge in [0.25, 0.3) is 10.1 Å². The molecule has 1 aromatic carbocycles. The summed E-state index contributed by atoms with van der Waals surface area (Å²) < 4.78 is 33.4. The lowest BCUT2D eigenvalue weighted by atomic mass is 10.2. The van der Waals surface area contributed by atoms with E-state index >= 15 is 0 Å². The van der Waals surface area contributed by atoms with E-state index in [0.29, 0.717) is 0 Å². The van der Waals surface area contributed by atoms with Crippen LogP contribution in [0.3, 0.4) is 0 Å². The molecule has 19 heavy (non-hydrogen) atoms. The Morgan fingerprint density at radius 1 is 1.26 bits per heavy atom. The van der Waals surface area contributed by atoms with Gasteiger partial charge in [0, 0.05) is 0 Å². The fraction of sp³-hybridized carbons (Fsp3) is 0.417. The van der Waals surface area contributed by atoms with E-state index in [-0.39, 0.29) is 18.0 Å². The van der Waals surface area contributed by atoms with Crippen LogP contribution in [0.4, 0.5) is 4.79 Å². The summed E-state index contributed by atoms with van der Waals surface area (Å²) in [6.45, 7) is 2.31. The maximum atomic E-state index is 11.9. The van der Waals surface area contributed by atoms with Crippen molar-refractivity contribution in [1.29, 1.82) is 0 Å². The number of hydrogen-bond acceptors (Lipinski definition) is 5. The molecule has 7 heteroatoms. The first kappa shape index (κ1) is 13.8. The van der Waals surface area contributed by atoms with Crippen molar-refractivity contribution in [2.75, 3.05) is 20.2 Å². The molecule has 1 aliphatic rings. The molecule has 0 atom stereocenters. The largest absolute Gasteiger partial charge is 0.453 e. The van der Waals surface area contributed by atoms with Gasteiger partial charge in [-0.2, -0.15) is 8.42 Å². The fourth-order valence-corrected chi connectivity index (χ4v) is 2.78. The number of aryl methyl sites for hydroxylation is 1. The van der Waals surface area contributed by atoms with E-state index in [1.807, 2.05) is 6.92 Å². The van der Waals surface area contributed by atoms with Gasteiger partial charge in [0.1, 0.15) is 6.10 Å². The standard InChI is InChI=1S/C12H15NO5S/c1-9-3-5-11(6-4-9)19(15,16)18-10-7-13(8-10)12(14)17-2/h3-6,10H,7-8H2,1-2H3. The van der Waals surface area contributed by atoms with Crippen LogP contribution < -0.4 is 0 Å². The van der Waals surface area contributed by atoms with Crippen molar-refractivity contribution in [3.8, 4) is 0 Å². The molecule has 2 rings (SSSR count). The second kappa shape index (κ2) is 5.18. The van der Waals surface area contributed by atoms with Crippen LogP contribution in [0, 0.1) is 6.92 Å². The van der Waals surface area contributed by atoms with Crippen molar-refractivity contribution >= 4 is 16.2 Å².